The van der Waals surface area contributed by atoms with Gasteiger partial charge in [0, 0.05) is 13.2 Å². The Balaban J connectivity index is 2.43. The van der Waals surface area contributed by atoms with E-state index in [1.54, 1.807) is 25.3 Å². The summed E-state index contributed by atoms with van der Waals surface area (Å²) in [6.07, 6.45) is -0.743. The zero-order valence-corrected chi connectivity index (χ0v) is 11.7. The van der Waals surface area contributed by atoms with Crippen molar-refractivity contribution >= 4 is 0 Å². The Labute approximate surface area is 118 Å². The number of hydrogen-bond acceptors (Lipinski definition) is 6. The lowest BCUT2D eigenvalue weighted by atomic mass is 10.2. The summed E-state index contributed by atoms with van der Waals surface area (Å²) in [7, 11) is 3.08. The molecule has 0 spiro atoms. The van der Waals surface area contributed by atoms with Gasteiger partial charge < -0.3 is 24.1 Å². The molecule has 1 aromatic rings. The second kappa shape index (κ2) is 9.15. The Bertz CT molecular complexity index is 444. The SMILES string of the molecule is COCCOCC(O)COc1ccc(C#N)cc1OC. The Kier molecular flexibility index (Phi) is 7.43. The van der Waals surface area contributed by atoms with Crippen LogP contribution < -0.4 is 9.47 Å². The van der Waals surface area contributed by atoms with Gasteiger partial charge in [-0.05, 0) is 12.1 Å². The van der Waals surface area contributed by atoms with Gasteiger partial charge >= 0.3 is 0 Å². The van der Waals surface area contributed by atoms with Crippen molar-refractivity contribution in [2.24, 2.45) is 0 Å². The van der Waals surface area contributed by atoms with E-state index in [2.05, 4.69) is 0 Å². The molecule has 0 aliphatic rings. The van der Waals surface area contributed by atoms with Crippen molar-refractivity contribution in [1.29, 1.82) is 5.26 Å². The molecule has 1 aromatic carbocycles. The number of ether oxygens (including phenoxy) is 4. The summed E-state index contributed by atoms with van der Waals surface area (Å²) in [5, 5.41) is 18.5. The maximum absolute atomic E-state index is 9.69. The summed E-state index contributed by atoms with van der Waals surface area (Å²) in [4.78, 5) is 0. The van der Waals surface area contributed by atoms with Gasteiger partial charge in [-0.3, -0.25) is 0 Å². The van der Waals surface area contributed by atoms with Crippen LogP contribution in [0.2, 0.25) is 0 Å². The fourth-order valence-corrected chi connectivity index (χ4v) is 1.45. The normalized spacial score (nSPS) is 11.7. The molecule has 6 nitrogen and oxygen atoms in total. The van der Waals surface area contributed by atoms with E-state index >= 15 is 0 Å². The molecular formula is C14H19NO5. The molecule has 20 heavy (non-hydrogen) atoms. The van der Waals surface area contributed by atoms with Gasteiger partial charge in [-0.2, -0.15) is 5.26 Å². The summed E-state index contributed by atoms with van der Waals surface area (Å²) >= 11 is 0. The summed E-state index contributed by atoms with van der Waals surface area (Å²) in [6.45, 7) is 1.15. The fourth-order valence-electron chi connectivity index (χ4n) is 1.45. The first kappa shape index (κ1) is 16.2. The van der Waals surface area contributed by atoms with Gasteiger partial charge in [0.15, 0.2) is 11.5 Å². The van der Waals surface area contributed by atoms with E-state index < -0.39 is 6.10 Å². The molecule has 1 N–H and O–H groups in total. The first-order valence-electron chi connectivity index (χ1n) is 6.17. The molecular weight excluding hydrogens is 262 g/mol. The third kappa shape index (κ3) is 5.45. The van der Waals surface area contributed by atoms with Crippen LogP contribution in [-0.4, -0.2) is 51.9 Å². The standard InChI is InChI=1S/C14H19NO5/c1-17-5-6-19-9-12(16)10-20-13-4-3-11(8-15)7-14(13)18-2/h3-4,7,12,16H,5-6,9-10H2,1-2H3. The van der Waals surface area contributed by atoms with E-state index in [4.69, 9.17) is 24.2 Å². The third-order valence-corrected chi connectivity index (χ3v) is 2.47. The predicted octanol–water partition coefficient (Wildman–Crippen LogP) is 0.970. The Morgan fingerprint density at radius 3 is 2.65 bits per heavy atom. The molecule has 110 valence electrons. The average Bonchev–Trinajstić information content (AvgIpc) is 2.49. The van der Waals surface area contributed by atoms with Crippen LogP contribution in [0, 0.1) is 11.3 Å². The van der Waals surface area contributed by atoms with Crippen LogP contribution in [0.5, 0.6) is 11.5 Å². The first-order chi connectivity index (χ1) is 9.71. The lowest BCUT2D eigenvalue weighted by molar-refractivity contribution is -0.00450. The van der Waals surface area contributed by atoms with Crippen molar-refractivity contribution in [2.45, 2.75) is 6.10 Å². The van der Waals surface area contributed by atoms with Gasteiger partial charge in [0.25, 0.3) is 0 Å². The quantitative estimate of drug-likeness (QED) is 0.679. The molecule has 1 unspecified atom stereocenters. The van der Waals surface area contributed by atoms with Crippen molar-refractivity contribution in [3.63, 3.8) is 0 Å². The average molecular weight is 281 g/mol. The van der Waals surface area contributed by atoms with E-state index in [1.165, 1.54) is 7.11 Å². The van der Waals surface area contributed by atoms with Crippen LogP contribution in [0.25, 0.3) is 0 Å². The van der Waals surface area contributed by atoms with Crippen LogP contribution in [0.4, 0.5) is 0 Å². The minimum absolute atomic E-state index is 0.0786. The molecule has 0 aromatic heterocycles. The Hall–Kier alpha value is -1.81. The molecule has 0 aliphatic heterocycles. The number of hydrogen-bond donors (Lipinski definition) is 1. The molecule has 0 amide bonds. The molecule has 6 heteroatoms. The van der Waals surface area contributed by atoms with Crippen molar-refractivity contribution in [2.75, 3.05) is 40.6 Å². The van der Waals surface area contributed by atoms with Gasteiger partial charge in [0.1, 0.15) is 12.7 Å². The van der Waals surface area contributed by atoms with Gasteiger partial charge in [-0.25, -0.2) is 0 Å². The van der Waals surface area contributed by atoms with Crippen molar-refractivity contribution in [3.8, 4) is 17.6 Å². The Morgan fingerprint density at radius 1 is 1.20 bits per heavy atom. The van der Waals surface area contributed by atoms with Gasteiger partial charge in [-0.1, -0.05) is 0 Å². The first-order valence-corrected chi connectivity index (χ1v) is 6.17. The fraction of sp³-hybridized carbons (Fsp3) is 0.500. The maximum atomic E-state index is 9.69. The van der Waals surface area contributed by atoms with Crippen LogP contribution in [-0.2, 0) is 9.47 Å². The number of nitrogens with zero attached hydrogens (tertiary/aromatic N) is 1. The van der Waals surface area contributed by atoms with E-state index in [0.29, 0.717) is 30.3 Å². The van der Waals surface area contributed by atoms with E-state index in [9.17, 15) is 5.11 Å². The van der Waals surface area contributed by atoms with Gasteiger partial charge in [0.05, 0.1) is 38.6 Å². The highest BCUT2D eigenvalue weighted by atomic mass is 16.5. The summed E-state index contributed by atoms with van der Waals surface area (Å²) in [6, 6.07) is 6.86. The van der Waals surface area contributed by atoms with Gasteiger partial charge in [0.2, 0.25) is 0 Å². The molecule has 0 aliphatic carbocycles. The van der Waals surface area contributed by atoms with E-state index in [-0.39, 0.29) is 13.2 Å². The smallest absolute Gasteiger partial charge is 0.162 e. The molecule has 1 rings (SSSR count). The molecule has 0 radical (unpaired) electrons. The summed E-state index contributed by atoms with van der Waals surface area (Å²) in [5.41, 5.74) is 0.484. The number of aliphatic hydroxyl groups excluding tert-OH is 1. The second-order valence-corrected chi connectivity index (χ2v) is 4.01. The third-order valence-electron chi connectivity index (χ3n) is 2.47. The number of methoxy groups -OCH3 is 2. The number of rotatable bonds is 9. The maximum Gasteiger partial charge on any atom is 0.162 e. The monoisotopic (exact) mass is 281 g/mol. The summed E-state index contributed by atoms with van der Waals surface area (Å²) < 4.78 is 20.6. The number of aliphatic hydroxyl groups is 1. The highest BCUT2D eigenvalue weighted by Crippen LogP contribution is 2.27. The van der Waals surface area contributed by atoms with Gasteiger partial charge in [-0.15, -0.1) is 0 Å². The topological polar surface area (TPSA) is 80.9 Å². The van der Waals surface area contributed by atoms with Crippen molar-refractivity contribution < 1.29 is 24.1 Å². The minimum Gasteiger partial charge on any atom is -0.493 e. The van der Waals surface area contributed by atoms with Crippen LogP contribution in [0.15, 0.2) is 18.2 Å². The Morgan fingerprint density at radius 2 is 2.00 bits per heavy atom. The summed E-state index contributed by atoms with van der Waals surface area (Å²) in [5.74, 6) is 0.930. The van der Waals surface area contributed by atoms with Crippen molar-refractivity contribution in [1.82, 2.24) is 0 Å². The molecule has 1 atom stereocenters. The molecule has 0 saturated heterocycles. The van der Waals surface area contributed by atoms with Crippen molar-refractivity contribution in [3.05, 3.63) is 23.8 Å². The highest BCUT2D eigenvalue weighted by Gasteiger charge is 2.09. The highest BCUT2D eigenvalue weighted by molar-refractivity contribution is 5.46. The predicted molar refractivity (Wildman–Crippen MR) is 71.9 cm³/mol. The molecule has 0 saturated carbocycles. The number of benzene rings is 1. The second-order valence-electron chi connectivity index (χ2n) is 4.01. The van der Waals surface area contributed by atoms with Crippen LogP contribution in [0.1, 0.15) is 5.56 Å². The molecule has 0 bridgehead atoms. The molecule has 0 heterocycles. The zero-order chi connectivity index (χ0) is 14.8. The minimum atomic E-state index is -0.743. The largest absolute Gasteiger partial charge is 0.493 e. The molecule has 0 fully saturated rings. The zero-order valence-electron chi connectivity index (χ0n) is 11.7. The van der Waals surface area contributed by atoms with E-state index in [0.717, 1.165) is 0 Å². The van der Waals surface area contributed by atoms with Crippen LogP contribution >= 0.6 is 0 Å². The van der Waals surface area contributed by atoms with Crippen LogP contribution in [0.3, 0.4) is 0 Å². The lowest BCUT2D eigenvalue weighted by Gasteiger charge is -2.14. The van der Waals surface area contributed by atoms with E-state index in [1.807, 2.05) is 6.07 Å². The number of nitriles is 1. The lowest BCUT2D eigenvalue weighted by Crippen LogP contribution is -2.24.